The summed E-state index contributed by atoms with van der Waals surface area (Å²) in [5.74, 6) is 1.82. The van der Waals surface area contributed by atoms with Crippen LogP contribution < -0.4 is 13.9 Å². The van der Waals surface area contributed by atoms with Gasteiger partial charge in [-0.3, -0.25) is 4.57 Å². The average molecular weight is 841 g/mol. The first-order chi connectivity index (χ1) is 30.5. The summed E-state index contributed by atoms with van der Waals surface area (Å²) in [6, 6.07) is 55.9. The number of para-hydroxylation sites is 1. The molecule has 0 radical (unpaired) electrons. The lowest BCUT2D eigenvalue weighted by atomic mass is 9.80. The summed E-state index contributed by atoms with van der Waals surface area (Å²) in [6.07, 6.45) is 1.85. The van der Waals surface area contributed by atoms with Crippen molar-refractivity contribution < 1.29 is 9.13 Å². The van der Waals surface area contributed by atoms with E-state index in [4.69, 9.17) is 9.72 Å². The first-order valence-corrected chi connectivity index (χ1v) is 22.1. The van der Waals surface area contributed by atoms with E-state index in [0.29, 0.717) is 11.5 Å². The number of hydrogen-bond acceptors (Lipinski definition) is 2. The zero-order valence-corrected chi connectivity index (χ0v) is 38.1. The molecule has 64 heavy (non-hydrogen) atoms. The Balaban J connectivity index is 1.13. The van der Waals surface area contributed by atoms with Gasteiger partial charge in [0, 0.05) is 47.3 Å². The van der Waals surface area contributed by atoms with Crippen LogP contribution >= 0.6 is 0 Å². The fraction of sp³-hybridized carbons (Fsp3) is 0.207. The predicted molar refractivity (Wildman–Crippen MR) is 265 cm³/mol. The van der Waals surface area contributed by atoms with Crippen LogP contribution in [-0.4, -0.2) is 15.6 Å². The molecule has 6 heteroatoms. The molecule has 0 aliphatic carbocycles. The Morgan fingerprint density at radius 1 is 0.516 bits per heavy atom. The van der Waals surface area contributed by atoms with E-state index in [1.165, 1.54) is 33.5 Å². The van der Waals surface area contributed by atoms with E-state index >= 15 is 0 Å². The van der Waals surface area contributed by atoms with Gasteiger partial charge in [0.15, 0.2) is 0 Å². The summed E-state index contributed by atoms with van der Waals surface area (Å²) in [5, 5.41) is 4.14. The van der Waals surface area contributed by atoms with Gasteiger partial charge in [-0.05, 0) is 113 Å². The fourth-order valence-corrected chi connectivity index (χ4v) is 8.93. The molecule has 2 aromatic heterocycles. The van der Waals surface area contributed by atoms with Crippen LogP contribution in [0.15, 0.2) is 158 Å². The van der Waals surface area contributed by atoms with E-state index in [0.717, 1.165) is 61.5 Å². The molecule has 10 rings (SSSR count). The number of nitrogens with zero attached hydrogens (tertiary/aromatic N) is 4. The quantitative estimate of drug-likeness (QED) is 0.156. The fourth-order valence-electron chi connectivity index (χ4n) is 8.93. The van der Waals surface area contributed by atoms with Crippen LogP contribution in [0.1, 0.15) is 79.0 Å². The van der Waals surface area contributed by atoms with Crippen molar-refractivity contribution in [3.05, 3.63) is 180 Å². The van der Waals surface area contributed by atoms with E-state index in [1.54, 1.807) is 6.07 Å². The minimum Gasteiger partial charge on any atom is -0.457 e. The van der Waals surface area contributed by atoms with Crippen molar-refractivity contribution in [3.8, 4) is 28.4 Å². The molecule has 1 aliphatic rings. The zero-order valence-electron chi connectivity index (χ0n) is 38.1. The summed E-state index contributed by atoms with van der Waals surface area (Å²) in [4.78, 5) is 4.82. The van der Waals surface area contributed by atoms with Gasteiger partial charge in [-0.15, -0.1) is 0 Å². The first kappa shape index (κ1) is 40.9. The third-order valence-corrected chi connectivity index (χ3v) is 12.5. The molecule has 0 saturated heterocycles. The molecule has 1 aliphatic heterocycles. The Labute approximate surface area is 375 Å². The summed E-state index contributed by atoms with van der Waals surface area (Å²) in [7, 11) is 0. The van der Waals surface area contributed by atoms with E-state index in [2.05, 4.69) is 185 Å². The molecule has 0 saturated carbocycles. The molecule has 9 aromatic rings. The number of ether oxygens (including phenoxy) is 1. The van der Waals surface area contributed by atoms with Gasteiger partial charge in [-0.1, -0.05) is 123 Å². The monoisotopic (exact) mass is 840 g/mol. The Kier molecular flexibility index (Phi) is 9.59. The van der Waals surface area contributed by atoms with Crippen molar-refractivity contribution >= 4 is 61.3 Å². The smallest absolute Gasteiger partial charge is 0.457 e. The number of halogens is 1. The predicted octanol–water partition coefficient (Wildman–Crippen LogP) is 15.7. The Bertz CT molecular complexity index is 3380. The van der Waals surface area contributed by atoms with Gasteiger partial charge < -0.3 is 4.74 Å². The van der Waals surface area contributed by atoms with Gasteiger partial charge in [-0.25, -0.2) is 9.37 Å². The number of benzene rings is 7. The third-order valence-electron chi connectivity index (χ3n) is 12.5. The second-order valence-electron chi connectivity index (χ2n) is 20.2. The van der Waals surface area contributed by atoms with E-state index in [-0.39, 0.29) is 22.1 Å². The van der Waals surface area contributed by atoms with Gasteiger partial charge in [0.2, 0.25) is 11.4 Å². The highest BCUT2D eigenvalue weighted by Crippen LogP contribution is 2.46. The van der Waals surface area contributed by atoms with Crippen LogP contribution in [0.2, 0.25) is 0 Å². The van der Waals surface area contributed by atoms with Gasteiger partial charge in [0.05, 0.1) is 22.7 Å². The van der Waals surface area contributed by atoms with Crippen LogP contribution in [0.4, 0.5) is 27.1 Å². The molecule has 0 amide bonds. The van der Waals surface area contributed by atoms with Crippen molar-refractivity contribution in [1.29, 1.82) is 0 Å². The molecular weight excluding hydrogens is 788 g/mol. The lowest BCUT2D eigenvalue weighted by molar-refractivity contribution is 0.483. The number of rotatable bonds is 6. The Hall–Kier alpha value is -7.14. The lowest BCUT2D eigenvalue weighted by Crippen LogP contribution is -2.17. The highest BCUT2D eigenvalue weighted by Gasteiger charge is 2.41. The van der Waals surface area contributed by atoms with Crippen LogP contribution in [-0.2, 0) is 16.2 Å². The lowest BCUT2D eigenvalue weighted by Gasteiger charge is -2.24. The van der Waals surface area contributed by atoms with Crippen LogP contribution in [0.3, 0.4) is 0 Å². The van der Waals surface area contributed by atoms with Crippen molar-refractivity contribution in [1.82, 2.24) is 18.7 Å². The second kappa shape index (κ2) is 15.0. The largest absolute Gasteiger partial charge is 0.503 e. The summed E-state index contributed by atoms with van der Waals surface area (Å²) in [5.41, 5.74) is 11.6. The van der Waals surface area contributed by atoms with Gasteiger partial charge in [0.1, 0.15) is 23.1 Å². The van der Waals surface area contributed by atoms with Crippen LogP contribution in [0, 0.1) is 5.82 Å². The number of aromatic nitrogens is 2. The minimum absolute atomic E-state index is 0.0698. The molecule has 5 nitrogen and oxygen atoms in total. The molecule has 0 spiro atoms. The van der Waals surface area contributed by atoms with Gasteiger partial charge in [-0.2, -0.15) is 0 Å². The van der Waals surface area contributed by atoms with Crippen LogP contribution in [0.25, 0.3) is 49.5 Å². The minimum atomic E-state index is -0.281. The first-order valence-electron chi connectivity index (χ1n) is 22.1. The highest BCUT2D eigenvalue weighted by atomic mass is 19.1. The van der Waals surface area contributed by atoms with Crippen molar-refractivity contribution in [2.24, 2.45) is 0 Å². The van der Waals surface area contributed by atoms with Crippen molar-refractivity contribution in [3.63, 3.8) is 0 Å². The zero-order chi connectivity index (χ0) is 44.7. The number of fused-ring (bicyclic) bond motifs is 5. The van der Waals surface area contributed by atoms with Gasteiger partial charge in [0.25, 0.3) is 5.69 Å². The molecule has 0 unspecified atom stereocenters. The Morgan fingerprint density at radius 3 is 1.97 bits per heavy atom. The highest BCUT2D eigenvalue weighted by molar-refractivity contribution is 6.09. The van der Waals surface area contributed by atoms with Crippen molar-refractivity contribution in [2.45, 2.75) is 78.6 Å². The average Bonchev–Trinajstić information content (AvgIpc) is 3.81. The van der Waals surface area contributed by atoms with E-state index in [9.17, 15) is 4.39 Å². The van der Waals surface area contributed by atoms with Crippen molar-refractivity contribution in [2.75, 3.05) is 0 Å². The molecule has 0 N–H and O–H groups in total. The van der Waals surface area contributed by atoms with Crippen LogP contribution in [0.5, 0.6) is 11.5 Å². The molecular formula is C58H53FN4O+2. The normalized spacial score (nSPS) is 13.1. The summed E-state index contributed by atoms with van der Waals surface area (Å²) < 4.78 is 28.0. The van der Waals surface area contributed by atoms with Gasteiger partial charge >= 0.3 is 11.7 Å². The molecule has 0 fully saturated rings. The molecule has 316 valence electrons. The summed E-state index contributed by atoms with van der Waals surface area (Å²) in [6.45, 7) is 20.3. The number of pyridine rings is 1. The van der Waals surface area contributed by atoms with E-state index in [1.807, 2.05) is 42.6 Å². The topological polar surface area (TPSA) is 33.1 Å². The standard InChI is InChI=1S/C58H53FN4O/c1-56(2,3)38-27-28-60-54(32-38)63-51-26-23-41(59)33-50(51)48-25-24-45(35-53(48)63)64-44-18-13-17-42(34-44)61-36-62(43-30-39(57(4,5)6)29-40(31-43)58(7,8)9)55-49(21-14-22-52(55)61)47-20-12-16-37-15-10-11-19-46(37)47/h10-35H,1-9H3/q+2. The maximum atomic E-state index is 14.8. The maximum Gasteiger partial charge on any atom is 0.503 e. The maximum absolute atomic E-state index is 14.8. The molecule has 0 atom stereocenters. The second-order valence-corrected chi connectivity index (χ2v) is 20.2. The SMILES string of the molecule is CC(C)(C)c1cc([N+]2=C=[N+](c3cccc(Oc4ccc5c6cc(F)ccc6n(-c6cc(C(C)(C)C)ccn6)c5c4)c3)c3cccc(-c4cccc5ccccc45)c32)cc(C(C)(C)C)c1. The van der Waals surface area contributed by atoms with E-state index < -0.39 is 0 Å². The number of hydrogen-bond donors (Lipinski definition) is 0. The summed E-state index contributed by atoms with van der Waals surface area (Å²) >= 11 is 0. The molecule has 7 aromatic carbocycles. The third kappa shape index (κ3) is 7.28. The Morgan fingerprint density at radius 2 is 1.20 bits per heavy atom. The molecule has 3 heterocycles. The molecule has 0 bridgehead atoms.